The normalized spacial score (nSPS) is 29.4. The second-order valence-electron chi connectivity index (χ2n) is 9.73. The minimum Gasteiger partial charge on any atom is -0.384 e. The molecule has 28 heavy (non-hydrogen) atoms. The van der Waals surface area contributed by atoms with E-state index in [4.69, 9.17) is 0 Å². The number of piperazine rings is 1. The van der Waals surface area contributed by atoms with Crippen LogP contribution in [0.1, 0.15) is 38.8 Å². The maximum Gasteiger partial charge on any atom is 0.103 e. The Kier molecular flexibility index (Phi) is 4.59. The molecule has 0 radical (unpaired) electrons. The smallest absolute Gasteiger partial charge is 0.103 e. The molecule has 0 bridgehead atoms. The van der Waals surface area contributed by atoms with Crippen molar-refractivity contribution in [1.82, 2.24) is 4.90 Å². The minimum atomic E-state index is -0.820. The molecular formula is C25H34N2O. The molecule has 1 saturated heterocycles. The van der Waals surface area contributed by atoms with E-state index in [9.17, 15) is 5.11 Å². The van der Waals surface area contributed by atoms with E-state index in [2.05, 4.69) is 80.8 Å². The SMILES string of the molecule is Cc1ccccc1N1CCN(C2C(C)(C)C(O)(c3ccccc3)C2(C)C)CC1. The average molecular weight is 379 g/mol. The number of para-hydroxylation sites is 1. The molecule has 2 aromatic carbocycles. The maximum absolute atomic E-state index is 11.9. The first-order chi connectivity index (χ1) is 13.2. The van der Waals surface area contributed by atoms with Crippen LogP contribution in [0.5, 0.6) is 0 Å². The molecule has 1 N–H and O–H groups in total. The van der Waals surface area contributed by atoms with Crippen molar-refractivity contribution in [2.75, 3.05) is 31.1 Å². The summed E-state index contributed by atoms with van der Waals surface area (Å²) in [6.45, 7) is 15.3. The highest BCUT2D eigenvalue weighted by molar-refractivity contribution is 5.53. The third kappa shape index (κ3) is 2.56. The molecule has 1 saturated carbocycles. The standard InChI is InChI=1S/C25H34N2O/c1-19-11-9-10-14-21(19)26-15-17-27(18-16-26)22-23(2,3)25(28,24(22,4)5)20-12-7-6-8-13-20/h6-14,22,28H,15-18H2,1-5H3. The number of anilines is 1. The molecule has 150 valence electrons. The van der Waals surface area contributed by atoms with E-state index in [1.54, 1.807) is 0 Å². The van der Waals surface area contributed by atoms with Gasteiger partial charge in [0.25, 0.3) is 0 Å². The number of benzene rings is 2. The lowest BCUT2D eigenvalue weighted by atomic mass is 9.39. The zero-order chi connectivity index (χ0) is 20.2. The maximum atomic E-state index is 11.9. The lowest BCUT2D eigenvalue weighted by Crippen LogP contribution is -2.79. The van der Waals surface area contributed by atoms with E-state index in [0.29, 0.717) is 6.04 Å². The van der Waals surface area contributed by atoms with Crippen LogP contribution in [0, 0.1) is 17.8 Å². The van der Waals surface area contributed by atoms with Crippen LogP contribution in [0.15, 0.2) is 54.6 Å². The number of hydrogen-bond acceptors (Lipinski definition) is 3. The van der Waals surface area contributed by atoms with Gasteiger partial charge in [0.15, 0.2) is 0 Å². The number of aliphatic hydroxyl groups is 1. The van der Waals surface area contributed by atoms with Gasteiger partial charge in [-0.2, -0.15) is 0 Å². The Labute approximate surface area is 170 Å². The molecule has 2 fully saturated rings. The third-order valence-electron chi connectivity index (χ3n) is 7.56. The second-order valence-corrected chi connectivity index (χ2v) is 9.73. The van der Waals surface area contributed by atoms with Gasteiger partial charge in [-0.1, -0.05) is 76.2 Å². The highest BCUT2D eigenvalue weighted by Gasteiger charge is 2.73. The molecule has 2 aliphatic rings. The predicted octanol–water partition coefficient (Wildman–Crippen LogP) is 4.44. The van der Waals surface area contributed by atoms with Gasteiger partial charge >= 0.3 is 0 Å². The molecule has 0 amide bonds. The highest BCUT2D eigenvalue weighted by atomic mass is 16.3. The van der Waals surface area contributed by atoms with Crippen molar-refractivity contribution in [3.8, 4) is 0 Å². The summed E-state index contributed by atoms with van der Waals surface area (Å²) >= 11 is 0. The molecule has 3 heteroatoms. The van der Waals surface area contributed by atoms with E-state index >= 15 is 0 Å². The van der Waals surface area contributed by atoms with E-state index in [1.807, 2.05) is 18.2 Å². The zero-order valence-corrected chi connectivity index (χ0v) is 17.9. The van der Waals surface area contributed by atoms with Gasteiger partial charge in [0.05, 0.1) is 0 Å². The topological polar surface area (TPSA) is 26.7 Å². The van der Waals surface area contributed by atoms with Gasteiger partial charge in [-0.05, 0) is 24.1 Å². The summed E-state index contributed by atoms with van der Waals surface area (Å²) in [5, 5.41) is 11.9. The lowest BCUT2D eigenvalue weighted by molar-refractivity contribution is -0.307. The van der Waals surface area contributed by atoms with Crippen molar-refractivity contribution in [2.24, 2.45) is 10.8 Å². The van der Waals surface area contributed by atoms with E-state index in [0.717, 1.165) is 31.7 Å². The molecule has 0 unspecified atom stereocenters. The van der Waals surface area contributed by atoms with Gasteiger partial charge in [-0.3, -0.25) is 4.90 Å². The minimum absolute atomic E-state index is 0.206. The molecule has 1 heterocycles. The van der Waals surface area contributed by atoms with Crippen LogP contribution < -0.4 is 4.90 Å². The molecule has 0 aromatic heterocycles. The molecule has 1 aliphatic heterocycles. The molecular weight excluding hydrogens is 344 g/mol. The van der Waals surface area contributed by atoms with Crippen LogP contribution in [0.4, 0.5) is 5.69 Å². The molecule has 4 rings (SSSR count). The van der Waals surface area contributed by atoms with Crippen LogP contribution in [0.3, 0.4) is 0 Å². The molecule has 0 spiro atoms. The quantitative estimate of drug-likeness (QED) is 0.855. The Morgan fingerprint density at radius 2 is 1.32 bits per heavy atom. The first kappa shape index (κ1) is 19.5. The van der Waals surface area contributed by atoms with Crippen molar-refractivity contribution in [3.05, 3.63) is 65.7 Å². The largest absolute Gasteiger partial charge is 0.384 e. The number of aryl methyl sites for hydroxylation is 1. The Hall–Kier alpha value is -1.84. The summed E-state index contributed by atoms with van der Waals surface area (Å²) in [6.07, 6.45) is 0. The summed E-state index contributed by atoms with van der Waals surface area (Å²) in [5.74, 6) is 0. The summed E-state index contributed by atoms with van der Waals surface area (Å²) in [4.78, 5) is 5.13. The van der Waals surface area contributed by atoms with Gasteiger partial charge in [0.1, 0.15) is 5.60 Å². The van der Waals surface area contributed by atoms with Gasteiger partial charge < -0.3 is 10.0 Å². The fraction of sp³-hybridized carbons (Fsp3) is 0.520. The first-order valence-electron chi connectivity index (χ1n) is 10.5. The Morgan fingerprint density at radius 3 is 1.89 bits per heavy atom. The van der Waals surface area contributed by atoms with Gasteiger partial charge in [-0.25, -0.2) is 0 Å². The van der Waals surface area contributed by atoms with Crippen LogP contribution >= 0.6 is 0 Å². The average Bonchev–Trinajstić information content (AvgIpc) is 2.68. The van der Waals surface area contributed by atoms with Crippen LogP contribution in [0.25, 0.3) is 0 Å². The lowest BCUT2D eigenvalue weighted by Gasteiger charge is -2.72. The van der Waals surface area contributed by atoms with E-state index < -0.39 is 5.60 Å². The van der Waals surface area contributed by atoms with Crippen molar-refractivity contribution < 1.29 is 5.11 Å². The molecule has 0 atom stereocenters. The Bertz CT molecular complexity index is 819. The Morgan fingerprint density at radius 1 is 0.786 bits per heavy atom. The number of nitrogens with zero attached hydrogens (tertiary/aromatic N) is 2. The highest BCUT2D eigenvalue weighted by Crippen LogP contribution is 2.68. The van der Waals surface area contributed by atoms with Crippen LogP contribution in [-0.2, 0) is 5.60 Å². The summed E-state index contributed by atoms with van der Waals surface area (Å²) in [6, 6.07) is 19.3. The van der Waals surface area contributed by atoms with Crippen molar-refractivity contribution in [2.45, 2.75) is 46.3 Å². The number of rotatable bonds is 3. The van der Waals surface area contributed by atoms with Crippen molar-refractivity contribution in [1.29, 1.82) is 0 Å². The third-order valence-corrected chi connectivity index (χ3v) is 7.56. The summed E-state index contributed by atoms with van der Waals surface area (Å²) in [7, 11) is 0. The monoisotopic (exact) mass is 378 g/mol. The van der Waals surface area contributed by atoms with Gasteiger partial charge in [0.2, 0.25) is 0 Å². The van der Waals surface area contributed by atoms with Crippen molar-refractivity contribution in [3.63, 3.8) is 0 Å². The molecule has 1 aliphatic carbocycles. The fourth-order valence-corrected chi connectivity index (χ4v) is 6.53. The van der Waals surface area contributed by atoms with E-state index in [-0.39, 0.29) is 10.8 Å². The summed E-state index contributed by atoms with van der Waals surface area (Å²) in [5.41, 5.74) is 2.51. The molecule has 2 aromatic rings. The summed E-state index contributed by atoms with van der Waals surface area (Å²) < 4.78 is 0. The Balaban J connectivity index is 1.54. The molecule has 3 nitrogen and oxygen atoms in total. The van der Waals surface area contributed by atoms with Crippen LogP contribution in [-0.4, -0.2) is 42.2 Å². The zero-order valence-electron chi connectivity index (χ0n) is 17.9. The van der Waals surface area contributed by atoms with Gasteiger partial charge in [-0.15, -0.1) is 0 Å². The van der Waals surface area contributed by atoms with Crippen molar-refractivity contribution >= 4 is 5.69 Å². The van der Waals surface area contributed by atoms with Crippen LogP contribution in [0.2, 0.25) is 0 Å². The van der Waals surface area contributed by atoms with Gasteiger partial charge in [0, 0.05) is 48.7 Å². The predicted molar refractivity (Wildman–Crippen MR) is 117 cm³/mol. The number of hydrogen-bond donors (Lipinski definition) is 1. The first-order valence-corrected chi connectivity index (χ1v) is 10.5. The second kappa shape index (κ2) is 6.60. The van der Waals surface area contributed by atoms with E-state index in [1.165, 1.54) is 11.3 Å². The fourth-order valence-electron chi connectivity index (χ4n) is 6.53.